The maximum absolute atomic E-state index is 10.7. The van der Waals surface area contributed by atoms with Gasteiger partial charge in [0.25, 0.3) is 0 Å². The SMILES string of the molecule is NC(c1ccccc1)P(=O)(O)O.Nc1ccc(P(=O)(O)O)cc1. The minimum Gasteiger partial charge on any atom is -0.399 e. The maximum atomic E-state index is 10.7. The third kappa shape index (κ3) is 6.64. The lowest BCUT2D eigenvalue weighted by molar-refractivity contribution is 0.359. The van der Waals surface area contributed by atoms with Gasteiger partial charge in [-0.1, -0.05) is 30.3 Å². The van der Waals surface area contributed by atoms with Crippen LogP contribution in [0.15, 0.2) is 54.6 Å². The Hall–Kier alpha value is -1.50. The molecule has 1 atom stereocenters. The molecule has 0 aliphatic rings. The van der Waals surface area contributed by atoms with E-state index in [1.54, 1.807) is 30.3 Å². The molecular formula is C13H18N2O6P2. The second kappa shape index (κ2) is 7.86. The average molecular weight is 360 g/mol. The van der Waals surface area contributed by atoms with Crippen molar-refractivity contribution in [2.75, 3.05) is 5.73 Å². The normalized spacial score (nSPS) is 12.9. The van der Waals surface area contributed by atoms with E-state index in [0.717, 1.165) is 0 Å². The highest BCUT2D eigenvalue weighted by Gasteiger charge is 2.25. The monoisotopic (exact) mass is 360 g/mol. The molecule has 0 aromatic heterocycles. The van der Waals surface area contributed by atoms with Gasteiger partial charge in [0.1, 0.15) is 5.78 Å². The summed E-state index contributed by atoms with van der Waals surface area (Å²) in [6, 6.07) is 13.8. The van der Waals surface area contributed by atoms with Crippen LogP contribution in [0.5, 0.6) is 0 Å². The topological polar surface area (TPSA) is 167 Å². The second-order valence-electron chi connectivity index (χ2n) is 4.58. The van der Waals surface area contributed by atoms with E-state index in [2.05, 4.69) is 0 Å². The summed E-state index contributed by atoms with van der Waals surface area (Å²) in [5, 5.41) is -0.00769. The van der Waals surface area contributed by atoms with Crippen molar-refractivity contribution in [3.63, 3.8) is 0 Å². The number of benzene rings is 2. The molecule has 8 N–H and O–H groups in total. The van der Waals surface area contributed by atoms with E-state index in [9.17, 15) is 9.13 Å². The van der Waals surface area contributed by atoms with Crippen molar-refractivity contribution in [3.05, 3.63) is 60.2 Å². The lowest BCUT2D eigenvalue weighted by Crippen LogP contribution is -2.10. The summed E-state index contributed by atoms with van der Waals surface area (Å²) in [7, 11) is -8.29. The summed E-state index contributed by atoms with van der Waals surface area (Å²) >= 11 is 0. The molecule has 0 spiro atoms. The summed E-state index contributed by atoms with van der Waals surface area (Å²) < 4.78 is 21.3. The fourth-order valence-corrected chi connectivity index (χ4v) is 2.61. The van der Waals surface area contributed by atoms with Crippen molar-refractivity contribution in [3.8, 4) is 0 Å². The van der Waals surface area contributed by atoms with E-state index in [1.807, 2.05) is 0 Å². The van der Waals surface area contributed by atoms with Gasteiger partial charge < -0.3 is 31.0 Å². The van der Waals surface area contributed by atoms with Gasteiger partial charge >= 0.3 is 15.2 Å². The fraction of sp³-hybridized carbons (Fsp3) is 0.0769. The molecule has 10 heteroatoms. The average Bonchev–Trinajstić information content (AvgIpc) is 2.46. The van der Waals surface area contributed by atoms with Crippen LogP contribution in [-0.2, 0) is 9.13 Å². The summed E-state index contributed by atoms with van der Waals surface area (Å²) in [5.74, 6) is -1.21. The summed E-state index contributed by atoms with van der Waals surface area (Å²) in [5.41, 5.74) is 11.6. The molecule has 0 saturated heterocycles. The van der Waals surface area contributed by atoms with E-state index in [4.69, 9.17) is 31.0 Å². The predicted octanol–water partition coefficient (Wildman–Crippen LogP) is 0.893. The molecule has 0 amide bonds. The molecule has 0 heterocycles. The van der Waals surface area contributed by atoms with E-state index in [-0.39, 0.29) is 5.30 Å². The Balaban J connectivity index is 0.000000231. The standard InChI is InChI=1S/C7H10NO3P.C6H8NO3P/c8-7(12(9,10)11)6-4-2-1-3-5-6;7-5-1-3-6(4-2-5)11(8,9)10/h1-5,7H,8H2,(H2,9,10,11);1-4H,7H2,(H2,8,9,10). The molecule has 1 unspecified atom stereocenters. The fourth-order valence-electron chi connectivity index (χ4n) is 1.51. The van der Waals surface area contributed by atoms with Gasteiger partial charge in [-0.25, -0.2) is 0 Å². The van der Waals surface area contributed by atoms with E-state index < -0.39 is 21.0 Å². The smallest absolute Gasteiger partial charge is 0.356 e. The highest BCUT2D eigenvalue weighted by molar-refractivity contribution is 7.60. The van der Waals surface area contributed by atoms with Crippen LogP contribution in [0.2, 0.25) is 0 Å². The Labute approximate surface area is 133 Å². The zero-order valence-corrected chi connectivity index (χ0v) is 13.7. The van der Waals surface area contributed by atoms with Crippen LogP contribution in [0.3, 0.4) is 0 Å². The second-order valence-corrected chi connectivity index (χ2v) is 7.92. The Morgan fingerprint density at radius 3 is 1.70 bits per heavy atom. The summed E-state index contributed by atoms with van der Waals surface area (Å²) in [4.78, 5) is 34.8. The first-order valence-corrected chi connectivity index (χ1v) is 9.58. The zero-order valence-electron chi connectivity index (χ0n) is 11.9. The van der Waals surface area contributed by atoms with Crippen molar-refractivity contribution < 1.29 is 28.7 Å². The molecule has 0 bridgehead atoms. The molecule has 23 heavy (non-hydrogen) atoms. The van der Waals surface area contributed by atoms with Crippen LogP contribution >= 0.6 is 15.2 Å². The highest BCUT2D eigenvalue weighted by atomic mass is 31.2. The molecular weight excluding hydrogens is 342 g/mol. The first-order valence-electron chi connectivity index (χ1n) is 6.29. The molecule has 2 aromatic rings. The number of rotatable bonds is 3. The van der Waals surface area contributed by atoms with Crippen LogP contribution in [0.25, 0.3) is 0 Å². The van der Waals surface area contributed by atoms with Crippen molar-refractivity contribution in [1.82, 2.24) is 0 Å². The van der Waals surface area contributed by atoms with Crippen molar-refractivity contribution in [2.45, 2.75) is 5.78 Å². The van der Waals surface area contributed by atoms with Gasteiger partial charge in [0, 0.05) is 5.69 Å². The van der Waals surface area contributed by atoms with Gasteiger partial charge in [-0.2, -0.15) is 0 Å². The van der Waals surface area contributed by atoms with E-state index in [1.165, 1.54) is 24.3 Å². The van der Waals surface area contributed by atoms with Gasteiger partial charge in [-0.15, -0.1) is 0 Å². The quantitative estimate of drug-likeness (QED) is 0.346. The number of nitrogen functional groups attached to an aromatic ring is 1. The number of hydrogen-bond donors (Lipinski definition) is 6. The molecule has 0 radical (unpaired) electrons. The maximum Gasteiger partial charge on any atom is 0.356 e. The highest BCUT2D eigenvalue weighted by Crippen LogP contribution is 2.47. The minimum absolute atomic E-state index is 0.00769. The van der Waals surface area contributed by atoms with Crippen molar-refractivity contribution in [1.29, 1.82) is 0 Å². The molecule has 126 valence electrons. The Bertz CT molecular complexity index is 711. The number of anilines is 1. The van der Waals surface area contributed by atoms with E-state index in [0.29, 0.717) is 11.3 Å². The molecule has 0 aliphatic carbocycles. The molecule has 0 fully saturated rings. The third-order valence-electron chi connectivity index (χ3n) is 2.73. The first kappa shape index (κ1) is 19.5. The van der Waals surface area contributed by atoms with Gasteiger partial charge in [0.05, 0.1) is 5.30 Å². The van der Waals surface area contributed by atoms with Crippen LogP contribution in [-0.4, -0.2) is 19.6 Å². The third-order valence-corrected chi connectivity index (χ3v) is 4.73. The lowest BCUT2D eigenvalue weighted by atomic mass is 10.2. The van der Waals surface area contributed by atoms with Crippen LogP contribution in [0.1, 0.15) is 11.3 Å². The van der Waals surface area contributed by atoms with Crippen LogP contribution in [0, 0.1) is 0 Å². The largest absolute Gasteiger partial charge is 0.399 e. The van der Waals surface area contributed by atoms with Gasteiger partial charge in [0.15, 0.2) is 0 Å². The molecule has 2 aromatic carbocycles. The van der Waals surface area contributed by atoms with Gasteiger partial charge in [-0.3, -0.25) is 9.13 Å². The molecule has 8 nitrogen and oxygen atoms in total. The first-order chi connectivity index (χ1) is 10.5. The van der Waals surface area contributed by atoms with Gasteiger partial charge in [0.2, 0.25) is 0 Å². The Morgan fingerprint density at radius 2 is 1.30 bits per heavy atom. The summed E-state index contributed by atoms with van der Waals surface area (Å²) in [6.45, 7) is 0. The number of nitrogens with two attached hydrogens (primary N) is 2. The predicted molar refractivity (Wildman–Crippen MR) is 87.9 cm³/mol. The Kier molecular flexibility index (Phi) is 6.68. The lowest BCUT2D eigenvalue weighted by Gasteiger charge is -2.12. The Morgan fingerprint density at radius 1 is 0.826 bits per heavy atom. The minimum atomic E-state index is -4.20. The zero-order chi connectivity index (χ0) is 17.7. The summed E-state index contributed by atoms with van der Waals surface area (Å²) in [6.07, 6.45) is 0. The van der Waals surface area contributed by atoms with Gasteiger partial charge in [-0.05, 0) is 29.8 Å². The van der Waals surface area contributed by atoms with Crippen LogP contribution in [0.4, 0.5) is 5.69 Å². The molecule has 0 aliphatic heterocycles. The van der Waals surface area contributed by atoms with E-state index >= 15 is 0 Å². The van der Waals surface area contributed by atoms with Crippen LogP contribution < -0.4 is 16.8 Å². The molecule has 0 saturated carbocycles. The van der Waals surface area contributed by atoms with Crippen molar-refractivity contribution in [2.24, 2.45) is 5.73 Å². The number of hydrogen-bond acceptors (Lipinski definition) is 4. The molecule has 2 rings (SSSR count). The van der Waals surface area contributed by atoms with Crippen molar-refractivity contribution >= 4 is 26.2 Å².